The zero-order chi connectivity index (χ0) is 23.7. The Labute approximate surface area is 192 Å². The number of rotatable bonds is 11. The minimum atomic E-state index is -0.0285. The molecule has 0 fully saturated rings. The van der Waals surface area contributed by atoms with Gasteiger partial charge < -0.3 is 0 Å². The van der Waals surface area contributed by atoms with Crippen LogP contribution in [0.5, 0.6) is 0 Å². The maximum Gasteiger partial charge on any atom is 0.185 e. The van der Waals surface area contributed by atoms with E-state index < -0.39 is 0 Å². The molecule has 0 spiro atoms. The Hall–Kier alpha value is -3.07. The highest BCUT2D eigenvalue weighted by Crippen LogP contribution is 2.19. The molecule has 2 rings (SSSR count). The summed E-state index contributed by atoms with van der Waals surface area (Å²) in [4.78, 5) is 36.7. The summed E-state index contributed by atoms with van der Waals surface area (Å²) in [7, 11) is 0. The minimum absolute atomic E-state index is 0.0285. The van der Waals surface area contributed by atoms with E-state index in [-0.39, 0.29) is 17.3 Å². The first kappa shape index (κ1) is 25.2. The van der Waals surface area contributed by atoms with Gasteiger partial charge in [-0.25, -0.2) is 0 Å². The number of ketones is 3. The summed E-state index contributed by atoms with van der Waals surface area (Å²) in [5.41, 5.74) is 7.16. The van der Waals surface area contributed by atoms with E-state index in [9.17, 15) is 14.4 Å². The van der Waals surface area contributed by atoms with Crippen molar-refractivity contribution >= 4 is 23.4 Å². The fourth-order valence-electron chi connectivity index (χ4n) is 3.73. The predicted octanol–water partition coefficient (Wildman–Crippen LogP) is 6.50. The largest absolute Gasteiger partial charge is 0.299 e. The number of Topliss-reactive ketones (excluding diaryl/α,β-unsaturated/α-hetero) is 1. The lowest BCUT2D eigenvalue weighted by atomic mass is 9.95. The van der Waals surface area contributed by atoms with Gasteiger partial charge in [-0.05, 0) is 98.2 Å². The summed E-state index contributed by atoms with van der Waals surface area (Å²) in [6, 6.07) is 9.87. The highest BCUT2D eigenvalue weighted by Gasteiger charge is 2.10. The van der Waals surface area contributed by atoms with E-state index in [0.717, 1.165) is 34.2 Å². The number of carbonyl (C=O) groups excluding carboxylic acids is 3. The molecule has 0 N–H and O–H groups in total. The summed E-state index contributed by atoms with van der Waals surface area (Å²) in [5, 5.41) is 0. The number of hydrogen-bond acceptors (Lipinski definition) is 3. The van der Waals surface area contributed by atoms with Gasteiger partial charge in [0.1, 0.15) is 5.78 Å². The average molecular weight is 431 g/mol. The molecule has 2 aromatic rings. The Kier molecular flexibility index (Phi) is 9.52. The van der Waals surface area contributed by atoms with Gasteiger partial charge in [-0.2, -0.15) is 0 Å². The maximum absolute atomic E-state index is 12.7. The van der Waals surface area contributed by atoms with Crippen LogP contribution in [-0.2, 0) is 22.4 Å². The summed E-state index contributed by atoms with van der Waals surface area (Å²) < 4.78 is 0. The van der Waals surface area contributed by atoms with Crippen molar-refractivity contribution in [2.24, 2.45) is 0 Å². The van der Waals surface area contributed by atoms with Crippen molar-refractivity contribution < 1.29 is 14.4 Å². The summed E-state index contributed by atoms with van der Waals surface area (Å²) in [5.74, 6) is 0.167. The highest BCUT2D eigenvalue weighted by molar-refractivity contribution is 6.07. The lowest BCUT2D eigenvalue weighted by Gasteiger charge is -2.09. The fraction of sp³-hybridized carbons (Fsp3) is 0.345. The molecule has 0 amide bonds. The van der Waals surface area contributed by atoms with Gasteiger partial charge >= 0.3 is 0 Å². The molecule has 3 nitrogen and oxygen atoms in total. The Morgan fingerprint density at radius 2 is 1.56 bits per heavy atom. The molecule has 0 aromatic heterocycles. The molecule has 2 aromatic carbocycles. The number of aryl methyl sites for hydroxylation is 3. The Bertz CT molecular complexity index is 1030. The molecule has 32 heavy (non-hydrogen) atoms. The molecule has 0 heterocycles. The molecular weight excluding hydrogens is 396 g/mol. The van der Waals surface area contributed by atoms with Crippen LogP contribution in [-0.4, -0.2) is 17.3 Å². The van der Waals surface area contributed by atoms with Crippen molar-refractivity contribution in [3.05, 3.63) is 87.5 Å². The van der Waals surface area contributed by atoms with Gasteiger partial charge in [0, 0.05) is 24.8 Å². The molecule has 0 radical (unpaired) electrons. The monoisotopic (exact) mass is 430 g/mol. The molecule has 0 aliphatic carbocycles. The molecule has 0 bridgehead atoms. The van der Waals surface area contributed by atoms with Crippen molar-refractivity contribution in [2.75, 3.05) is 0 Å². The second-order valence-corrected chi connectivity index (χ2v) is 8.35. The molecule has 0 saturated carbocycles. The van der Waals surface area contributed by atoms with Gasteiger partial charge in [-0.3, -0.25) is 14.4 Å². The van der Waals surface area contributed by atoms with Crippen LogP contribution in [0.3, 0.4) is 0 Å². The third kappa shape index (κ3) is 7.26. The van der Waals surface area contributed by atoms with Crippen LogP contribution in [0, 0.1) is 20.8 Å². The number of hydrogen-bond donors (Lipinski definition) is 0. The normalized spacial score (nSPS) is 11.4. The molecule has 0 unspecified atom stereocenters. The van der Waals surface area contributed by atoms with Crippen LogP contribution in [0.2, 0.25) is 0 Å². The van der Waals surface area contributed by atoms with Crippen LogP contribution < -0.4 is 0 Å². The second-order valence-electron chi connectivity index (χ2n) is 8.35. The van der Waals surface area contributed by atoms with E-state index >= 15 is 0 Å². The molecule has 3 heteroatoms. The van der Waals surface area contributed by atoms with Crippen LogP contribution >= 0.6 is 0 Å². The Morgan fingerprint density at radius 3 is 2.19 bits per heavy atom. The molecule has 0 atom stereocenters. The Balaban J connectivity index is 2.09. The van der Waals surface area contributed by atoms with Crippen LogP contribution in [0.4, 0.5) is 0 Å². The zero-order valence-corrected chi connectivity index (χ0v) is 20.0. The van der Waals surface area contributed by atoms with Crippen molar-refractivity contribution in [2.45, 2.75) is 66.7 Å². The van der Waals surface area contributed by atoms with E-state index in [0.29, 0.717) is 31.2 Å². The standard InChI is InChI=1S/C29H34O3/c1-6-9-27(30)10-8-11-28(31)19-25-18-23(12-14-24(25)7-2)13-15-29(32)26-16-20(3)22(5)21(4)17-26/h6,9,12-18H,7-8,10-11,19H2,1-5H3/b9-6+,15-13+. The average Bonchev–Trinajstić information content (AvgIpc) is 2.75. The van der Waals surface area contributed by atoms with E-state index in [4.69, 9.17) is 0 Å². The third-order valence-electron chi connectivity index (χ3n) is 5.87. The first-order chi connectivity index (χ1) is 15.2. The van der Waals surface area contributed by atoms with Gasteiger partial charge in [0.25, 0.3) is 0 Å². The van der Waals surface area contributed by atoms with Crippen molar-refractivity contribution in [3.63, 3.8) is 0 Å². The minimum Gasteiger partial charge on any atom is -0.299 e. The fourth-order valence-corrected chi connectivity index (χ4v) is 3.73. The van der Waals surface area contributed by atoms with E-state index in [1.165, 1.54) is 5.56 Å². The summed E-state index contributed by atoms with van der Waals surface area (Å²) in [6.45, 7) is 9.98. The van der Waals surface area contributed by atoms with E-state index in [2.05, 4.69) is 13.8 Å². The van der Waals surface area contributed by atoms with Gasteiger partial charge in [0.05, 0.1) is 0 Å². The quantitative estimate of drug-likeness (QED) is 0.302. The van der Waals surface area contributed by atoms with Crippen molar-refractivity contribution in [1.82, 2.24) is 0 Å². The smallest absolute Gasteiger partial charge is 0.185 e. The molecule has 0 aliphatic rings. The van der Waals surface area contributed by atoms with Gasteiger partial charge in [0.15, 0.2) is 11.6 Å². The number of benzene rings is 2. The highest BCUT2D eigenvalue weighted by atomic mass is 16.1. The van der Waals surface area contributed by atoms with Gasteiger partial charge in [-0.1, -0.05) is 37.3 Å². The van der Waals surface area contributed by atoms with E-state index in [1.54, 1.807) is 18.2 Å². The maximum atomic E-state index is 12.7. The van der Waals surface area contributed by atoms with Crippen LogP contribution in [0.1, 0.15) is 76.8 Å². The third-order valence-corrected chi connectivity index (χ3v) is 5.87. The van der Waals surface area contributed by atoms with Crippen molar-refractivity contribution in [1.29, 1.82) is 0 Å². The lowest BCUT2D eigenvalue weighted by molar-refractivity contribution is -0.118. The number of allylic oxidation sites excluding steroid dienone is 3. The second kappa shape index (κ2) is 12.1. The molecular formula is C29H34O3. The topological polar surface area (TPSA) is 51.2 Å². The predicted molar refractivity (Wildman–Crippen MR) is 132 cm³/mol. The van der Waals surface area contributed by atoms with Gasteiger partial charge in [0.2, 0.25) is 0 Å². The summed E-state index contributed by atoms with van der Waals surface area (Å²) >= 11 is 0. The number of carbonyl (C=O) groups is 3. The zero-order valence-electron chi connectivity index (χ0n) is 20.0. The first-order valence-corrected chi connectivity index (χ1v) is 11.3. The molecule has 0 aliphatic heterocycles. The van der Waals surface area contributed by atoms with Gasteiger partial charge in [-0.15, -0.1) is 0 Å². The first-order valence-electron chi connectivity index (χ1n) is 11.3. The van der Waals surface area contributed by atoms with Crippen molar-refractivity contribution in [3.8, 4) is 0 Å². The lowest BCUT2D eigenvalue weighted by Crippen LogP contribution is -2.06. The van der Waals surface area contributed by atoms with Crippen LogP contribution in [0.25, 0.3) is 6.08 Å². The van der Waals surface area contributed by atoms with E-state index in [1.807, 2.05) is 57.2 Å². The molecule has 168 valence electrons. The molecule has 0 saturated heterocycles. The Morgan fingerprint density at radius 1 is 0.875 bits per heavy atom. The SMILES string of the molecule is C/C=C/C(=O)CCCC(=O)Cc1cc(/C=C/C(=O)c2cc(C)c(C)c(C)c2)ccc1CC. The van der Waals surface area contributed by atoms with Crippen LogP contribution in [0.15, 0.2) is 48.6 Å². The summed E-state index contributed by atoms with van der Waals surface area (Å²) in [6.07, 6.45) is 9.27.